The number of benzene rings is 1. The molecular formula is C11H14O4. The Balaban J connectivity index is 2.83. The van der Waals surface area contributed by atoms with Crippen molar-refractivity contribution in [3.8, 4) is 11.5 Å². The van der Waals surface area contributed by atoms with Crippen molar-refractivity contribution in [3.05, 3.63) is 23.8 Å². The van der Waals surface area contributed by atoms with E-state index in [9.17, 15) is 9.90 Å². The van der Waals surface area contributed by atoms with Crippen molar-refractivity contribution in [3.63, 3.8) is 0 Å². The molecule has 0 amide bonds. The van der Waals surface area contributed by atoms with E-state index >= 15 is 0 Å². The molecule has 0 bridgehead atoms. The Morgan fingerprint density at radius 3 is 2.73 bits per heavy atom. The van der Waals surface area contributed by atoms with Crippen LogP contribution in [0.15, 0.2) is 18.2 Å². The number of ether oxygens (including phenoxy) is 2. The Kier molecular flexibility index (Phi) is 3.97. The number of carbonyl (C=O) groups excluding carboxylic acids is 1. The van der Waals surface area contributed by atoms with Crippen molar-refractivity contribution in [1.29, 1.82) is 0 Å². The molecule has 0 aromatic heterocycles. The Bertz CT molecular complexity index is 346. The highest BCUT2D eigenvalue weighted by atomic mass is 16.5. The number of hydrogen-bond donors (Lipinski definition) is 1. The molecular weight excluding hydrogens is 196 g/mol. The highest BCUT2D eigenvalue weighted by Gasteiger charge is 2.11. The molecule has 4 heteroatoms. The van der Waals surface area contributed by atoms with Gasteiger partial charge >= 0.3 is 5.97 Å². The minimum Gasteiger partial charge on any atom is -0.507 e. The fourth-order valence-electron chi connectivity index (χ4n) is 1.10. The van der Waals surface area contributed by atoms with Gasteiger partial charge in [-0.3, -0.25) is 0 Å². The third-order valence-corrected chi connectivity index (χ3v) is 1.85. The lowest BCUT2D eigenvalue weighted by atomic mass is 10.2. The summed E-state index contributed by atoms with van der Waals surface area (Å²) in [5.74, 6) is -0.146. The fourth-order valence-corrected chi connectivity index (χ4v) is 1.10. The summed E-state index contributed by atoms with van der Waals surface area (Å²) in [5, 5.41) is 9.51. The first-order valence-corrected chi connectivity index (χ1v) is 4.73. The van der Waals surface area contributed by atoms with Gasteiger partial charge in [-0.15, -0.1) is 0 Å². The van der Waals surface area contributed by atoms with Crippen molar-refractivity contribution in [2.45, 2.75) is 13.3 Å². The van der Waals surface area contributed by atoms with E-state index < -0.39 is 5.97 Å². The zero-order chi connectivity index (χ0) is 11.3. The summed E-state index contributed by atoms with van der Waals surface area (Å²) in [6.07, 6.45) is 0.888. The van der Waals surface area contributed by atoms with Gasteiger partial charge < -0.3 is 14.6 Å². The van der Waals surface area contributed by atoms with Gasteiger partial charge in [0.2, 0.25) is 0 Å². The molecule has 1 aromatic rings. The molecule has 1 N–H and O–H groups in total. The van der Waals surface area contributed by atoms with Crippen molar-refractivity contribution in [2.75, 3.05) is 13.7 Å². The predicted octanol–water partition coefficient (Wildman–Crippen LogP) is 1.97. The molecule has 0 radical (unpaired) electrons. The van der Waals surface area contributed by atoms with Crippen LogP contribution in [0.1, 0.15) is 23.7 Å². The topological polar surface area (TPSA) is 55.8 Å². The van der Waals surface area contributed by atoms with Crippen molar-refractivity contribution >= 4 is 5.97 Å². The molecule has 1 aromatic carbocycles. The summed E-state index contributed by atoms with van der Waals surface area (Å²) in [6, 6.07) is 4.51. The average Bonchev–Trinajstić information content (AvgIpc) is 2.25. The van der Waals surface area contributed by atoms with E-state index in [2.05, 4.69) is 4.74 Å². The Labute approximate surface area is 88.4 Å². The van der Waals surface area contributed by atoms with E-state index in [1.807, 2.05) is 6.92 Å². The summed E-state index contributed by atoms with van der Waals surface area (Å²) < 4.78 is 9.79. The number of aromatic hydroxyl groups is 1. The van der Waals surface area contributed by atoms with Crippen LogP contribution in [0.3, 0.4) is 0 Å². The second-order valence-electron chi connectivity index (χ2n) is 3.02. The zero-order valence-corrected chi connectivity index (χ0v) is 8.82. The van der Waals surface area contributed by atoms with E-state index in [-0.39, 0.29) is 11.3 Å². The van der Waals surface area contributed by atoms with Gasteiger partial charge in [-0.25, -0.2) is 4.79 Å². The third kappa shape index (κ3) is 2.87. The van der Waals surface area contributed by atoms with Gasteiger partial charge in [0.05, 0.1) is 13.7 Å². The molecule has 0 aliphatic carbocycles. The van der Waals surface area contributed by atoms with Gasteiger partial charge in [-0.2, -0.15) is 0 Å². The number of phenols is 1. The molecule has 82 valence electrons. The Morgan fingerprint density at radius 2 is 2.20 bits per heavy atom. The summed E-state index contributed by atoms with van der Waals surface area (Å²) >= 11 is 0. The Morgan fingerprint density at radius 1 is 1.47 bits per heavy atom. The normalized spacial score (nSPS) is 9.73. The summed E-state index contributed by atoms with van der Waals surface area (Å²) in [5.41, 5.74) is 0.140. The lowest BCUT2D eigenvalue weighted by Gasteiger charge is -2.07. The summed E-state index contributed by atoms with van der Waals surface area (Å²) in [4.78, 5) is 11.1. The minimum atomic E-state index is -0.561. The van der Waals surface area contributed by atoms with Gasteiger partial charge in [-0.05, 0) is 18.6 Å². The van der Waals surface area contributed by atoms with Crippen LogP contribution in [0.25, 0.3) is 0 Å². The minimum absolute atomic E-state index is 0.129. The van der Waals surface area contributed by atoms with Gasteiger partial charge in [0.1, 0.15) is 17.1 Å². The van der Waals surface area contributed by atoms with Crippen LogP contribution in [0.5, 0.6) is 11.5 Å². The molecule has 0 saturated heterocycles. The van der Waals surface area contributed by atoms with E-state index in [4.69, 9.17) is 4.74 Å². The van der Waals surface area contributed by atoms with Crippen LogP contribution >= 0.6 is 0 Å². The summed E-state index contributed by atoms with van der Waals surface area (Å²) in [7, 11) is 1.27. The van der Waals surface area contributed by atoms with Crippen molar-refractivity contribution in [2.24, 2.45) is 0 Å². The second-order valence-corrected chi connectivity index (χ2v) is 3.02. The number of methoxy groups -OCH3 is 1. The monoisotopic (exact) mass is 210 g/mol. The fraction of sp³-hybridized carbons (Fsp3) is 0.364. The smallest absolute Gasteiger partial charge is 0.341 e. The van der Waals surface area contributed by atoms with Crippen LogP contribution in [0.4, 0.5) is 0 Å². The molecule has 0 spiro atoms. The second kappa shape index (κ2) is 5.24. The first kappa shape index (κ1) is 11.4. The predicted molar refractivity (Wildman–Crippen MR) is 55.2 cm³/mol. The Hall–Kier alpha value is -1.71. The first-order valence-electron chi connectivity index (χ1n) is 4.73. The lowest BCUT2D eigenvalue weighted by Crippen LogP contribution is -2.02. The molecule has 0 atom stereocenters. The molecule has 4 nitrogen and oxygen atoms in total. The third-order valence-electron chi connectivity index (χ3n) is 1.85. The molecule has 15 heavy (non-hydrogen) atoms. The largest absolute Gasteiger partial charge is 0.507 e. The van der Waals surface area contributed by atoms with E-state index in [0.717, 1.165) is 6.42 Å². The standard InChI is InChI=1S/C11H14O4/c1-3-6-15-8-4-5-9(10(12)7-8)11(13)14-2/h4-5,7,12H,3,6H2,1-2H3. The average molecular weight is 210 g/mol. The number of carbonyl (C=O) groups is 1. The number of rotatable bonds is 4. The number of esters is 1. The summed E-state index contributed by atoms with van der Waals surface area (Å²) in [6.45, 7) is 2.57. The van der Waals surface area contributed by atoms with Crippen molar-refractivity contribution < 1.29 is 19.4 Å². The first-order chi connectivity index (χ1) is 7.19. The lowest BCUT2D eigenvalue weighted by molar-refractivity contribution is 0.0597. The maximum atomic E-state index is 11.1. The van der Waals surface area contributed by atoms with Gasteiger partial charge in [-0.1, -0.05) is 6.92 Å². The molecule has 0 saturated carbocycles. The van der Waals surface area contributed by atoms with Crippen LogP contribution in [-0.4, -0.2) is 24.8 Å². The number of hydrogen-bond acceptors (Lipinski definition) is 4. The van der Waals surface area contributed by atoms with Gasteiger partial charge in [0.25, 0.3) is 0 Å². The van der Waals surface area contributed by atoms with Gasteiger partial charge in [0, 0.05) is 6.07 Å². The van der Waals surface area contributed by atoms with Crippen LogP contribution in [0.2, 0.25) is 0 Å². The van der Waals surface area contributed by atoms with Crippen molar-refractivity contribution in [1.82, 2.24) is 0 Å². The SMILES string of the molecule is CCCOc1ccc(C(=O)OC)c(O)c1. The zero-order valence-electron chi connectivity index (χ0n) is 8.82. The van der Waals surface area contributed by atoms with Gasteiger partial charge in [0.15, 0.2) is 0 Å². The quantitative estimate of drug-likeness (QED) is 0.772. The highest BCUT2D eigenvalue weighted by molar-refractivity contribution is 5.92. The molecule has 1 rings (SSSR count). The van der Waals surface area contributed by atoms with E-state index in [1.165, 1.54) is 19.2 Å². The van der Waals surface area contributed by atoms with E-state index in [0.29, 0.717) is 12.4 Å². The molecule has 0 unspecified atom stereocenters. The van der Waals surface area contributed by atoms with E-state index in [1.54, 1.807) is 6.07 Å². The maximum Gasteiger partial charge on any atom is 0.341 e. The van der Waals surface area contributed by atoms with Crippen LogP contribution in [-0.2, 0) is 4.74 Å². The maximum absolute atomic E-state index is 11.1. The number of phenolic OH excluding ortho intramolecular Hbond substituents is 1. The molecule has 0 heterocycles. The highest BCUT2D eigenvalue weighted by Crippen LogP contribution is 2.24. The molecule has 0 fully saturated rings. The van der Waals surface area contributed by atoms with Crippen LogP contribution in [0, 0.1) is 0 Å². The molecule has 0 aliphatic rings. The molecule has 0 aliphatic heterocycles. The van der Waals surface area contributed by atoms with Crippen LogP contribution < -0.4 is 4.74 Å².